The summed E-state index contributed by atoms with van der Waals surface area (Å²) in [6.45, 7) is 0.704. The zero-order valence-electron chi connectivity index (χ0n) is 15.5. The van der Waals surface area contributed by atoms with Crippen LogP contribution in [0.2, 0.25) is 0 Å². The fourth-order valence-corrected chi connectivity index (χ4v) is 4.27. The Morgan fingerprint density at radius 3 is 2.79 bits per heavy atom. The largest absolute Gasteiger partial charge is 0.373 e. The second-order valence-corrected chi connectivity index (χ2v) is 7.66. The molecule has 1 spiro atoms. The first kappa shape index (κ1) is 17.3. The van der Waals surface area contributed by atoms with Crippen molar-refractivity contribution < 1.29 is 9.13 Å². The molecule has 7 heteroatoms. The highest BCUT2D eigenvalue weighted by Gasteiger charge is 2.42. The molecule has 28 heavy (non-hydrogen) atoms. The second-order valence-electron chi connectivity index (χ2n) is 7.66. The maximum absolute atomic E-state index is 13.1. The highest BCUT2D eigenvalue weighted by atomic mass is 19.1. The monoisotopic (exact) mass is 379 g/mol. The SMILES string of the molecule is Fc1ccc(-n2cc(-c3ccnc(NC4COC5(CCCC5)C4)n3)cn2)cc1. The zero-order chi connectivity index (χ0) is 19.0. The van der Waals surface area contributed by atoms with Crippen molar-refractivity contribution >= 4 is 5.95 Å². The van der Waals surface area contributed by atoms with E-state index in [1.54, 1.807) is 29.2 Å². The third kappa shape index (κ3) is 3.38. The summed E-state index contributed by atoms with van der Waals surface area (Å²) in [5.74, 6) is 0.341. The average molecular weight is 379 g/mol. The molecule has 1 atom stereocenters. The molecule has 2 aromatic heterocycles. The Balaban J connectivity index is 1.31. The van der Waals surface area contributed by atoms with Crippen molar-refractivity contribution in [1.29, 1.82) is 0 Å². The van der Waals surface area contributed by atoms with E-state index in [1.165, 1.54) is 25.0 Å². The Morgan fingerprint density at radius 2 is 1.96 bits per heavy atom. The molecule has 2 fully saturated rings. The standard InChI is InChI=1S/C21H22FN5O/c22-16-3-5-18(6-4-16)27-13-15(12-24-27)19-7-10-23-20(26-19)25-17-11-21(28-14-17)8-1-2-9-21/h3-7,10,12-13,17H,1-2,8-9,11,14H2,(H,23,25,26). The van der Waals surface area contributed by atoms with Crippen LogP contribution in [0.4, 0.5) is 10.3 Å². The Bertz CT molecular complexity index is 965. The van der Waals surface area contributed by atoms with Gasteiger partial charge in [-0.3, -0.25) is 0 Å². The quantitative estimate of drug-likeness (QED) is 0.743. The van der Waals surface area contributed by atoms with Gasteiger partial charge in [-0.05, 0) is 49.6 Å². The third-order valence-electron chi connectivity index (χ3n) is 5.68. The van der Waals surface area contributed by atoms with Gasteiger partial charge in [-0.25, -0.2) is 19.0 Å². The molecule has 1 unspecified atom stereocenters. The van der Waals surface area contributed by atoms with Crippen LogP contribution in [-0.4, -0.2) is 38.0 Å². The molecule has 0 bridgehead atoms. The maximum Gasteiger partial charge on any atom is 0.223 e. The molecule has 0 amide bonds. The summed E-state index contributed by atoms with van der Waals surface area (Å²) < 4.78 is 20.9. The van der Waals surface area contributed by atoms with Crippen molar-refractivity contribution in [1.82, 2.24) is 19.7 Å². The van der Waals surface area contributed by atoms with Crippen LogP contribution in [0.5, 0.6) is 0 Å². The average Bonchev–Trinajstić information content (AvgIpc) is 3.45. The van der Waals surface area contributed by atoms with Crippen molar-refractivity contribution in [3.8, 4) is 16.9 Å². The molecular formula is C21H22FN5O. The molecule has 1 aliphatic carbocycles. The normalized spacial score (nSPS) is 20.7. The van der Waals surface area contributed by atoms with Crippen LogP contribution in [0.25, 0.3) is 16.9 Å². The molecule has 5 rings (SSSR count). The van der Waals surface area contributed by atoms with E-state index in [-0.39, 0.29) is 17.5 Å². The molecule has 1 N–H and O–H groups in total. The van der Waals surface area contributed by atoms with Gasteiger partial charge in [0.15, 0.2) is 0 Å². The van der Waals surface area contributed by atoms with E-state index in [0.29, 0.717) is 12.6 Å². The number of rotatable bonds is 4. The molecule has 3 heterocycles. The van der Waals surface area contributed by atoms with Gasteiger partial charge in [0, 0.05) is 18.0 Å². The van der Waals surface area contributed by atoms with E-state index in [1.807, 2.05) is 12.3 Å². The number of nitrogens with one attached hydrogen (secondary N) is 1. The second kappa shape index (κ2) is 6.98. The topological polar surface area (TPSA) is 64.9 Å². The van der Waals surface area contributed by atoms with Crippen molar-refractivity contribution in [2.45, 2.75) is 43.7 Å². The lowest BCUT2D eigenvalue weighted by Crippen LogP contribution is -2.26. The van der Waals surface area contributed by atoms with Gasteiger partial charge >= 0.3 is 0 Å². The lowest BCUT2D eigenvalue weighted by atomic mass is 9.96. The van der Waals surface area contributed by atoms with Gasteiger partial charge in [-0.2, -0.15) is 5.10 Å². The van der Waals surface area contributed by atoms with E-state index in [2.05, 4.69) is 20.4 Å². The van der Waals surface area contributed by atoms with Gasteiger partial charge in [-0.15, -0.1) is 0 Å². The lowest BCUT2D eigenvalue weighted by Gasteiger charge is -2.21. The number of halogens is 1. The highest BCUT2D eigenvalue weighted by molar-refractivity contribution is 5.58. The van der Waals surface area contributed by atoms with Crippen LogP contribution in [-0.2, 0) is 4.74 Å². The van der Waals surface area contributed by atoms with E-state index in [9.17, 15) is 4.39 Å². The fourth-order valence-electron chi connectivity index (χ4n) is 4.27. The molecule has 1 aliphatic heterocycles. The number of nitrogens with zero attached hydrogens (tertiary/aromatic N) is 4. The number of hydrogen-bond acceptors (Lipinski definition) is 5. The molecular weight excluding hydrogens is 357 g/mol. The van der Waals surface area contributed by atoms with Crippen LogP contribution >= 0.6 is 0 Å². The Labute approximate surface area is 162 Å². The fraction of sp³-hybridized carbons (Fsp3) is 0.381. The Morgan fingerprint density at radius 1 is 1.14 bits per heavy atom. The van der Waals surface area contributed by atoms with Crippen LogP contribution in [0.1, 0.15) is 32.1 Å². The zero-order valence-corrected chi connectivity index (χ0v) is 15.5. The number of ether oxygens (including phenoxy) is 1. The van der Waals surface area contributed by atoms with E-state index < -0.39 is 0 Å². The predicted molar refractivity (Wildman–Crippen MR) is 104 cm³/mol. The Kier molecular flexibility index (Phi) is 4.31. The van der Waals surface area contributed by atoms with Gasteiger partial charge in [0.2, 0.25) is 5.95 Å². The van der Waals surface area contributed by atoms with Crippen molar-refractivity contribution in [3.05, 3.63) is 54.7 Å². The molecule has 144 valence electrons. The van der Waals surface area contributed by atoms with E-state index in [4.69, 9.17) is 4.74 Å². The molecule has 1 aromatic carbocycles. The minimum atomic E-state index is -0.266. The summed E-state index contributed by atoms with van der Waals surface area (Å²) in [7, 11) is 0. The summed E-state index contributed by atoms with van der Waals surface area (Å²) in [4.78, 5) is 9.02. The number of hydrogen-bond donors (Lipinski definition) is 1. The van der Waals surface area contributed by atoms with Crippen LogP contribution in [0, 0.1) is 5.82 Å². The van der Waals surface area contributed by atoms with Gasteiger partial charge in [0.25, 0.3) is 0 Å². The van der Waals surface area contributed by atoms with Crippen molar-refractivity contribution in [2.24, 2.45) is 0 Å². The smallest absolute Gasteiger partial charge is 0.223 e. The van der Waals surface area contributed by atoms with Gasteiger partial charge in [-0.1, -0.05) is 12.8 Å². The summed E-state index contributed by atoms with van der Waals surface area (Å²) in [5.41, 5.74) is 2.54. The van der Waals surface area contributed by atoms with Crippen molar-refractivity contribution in [2.75, 3.05) is 11.9 Å². The molecule has 6 nitrogen and oxygen atoms in total. The number of benzene rings is 1. The molecule has 0 radical (unpaired) electrons. The minimum absolute atomic E-state index is 0.0750. The van der Waals surface area contributed by atoms with Crippen LogP contribution in [0.3, 0.4) is 0 Å². The summed E-state index contributed by atoms with van der Waals surface area (Å²) in [6.07, 6.45) is 11.2. The molecule has 1 saturated heterocycles. The third-order valence-corrected chi connectivity index (χ3v) is 5.68. The predicted octanol–water partition coefficient (Wildman–Crippen LogP) is 3.98. The first-order valence-electron chi connectivity index (χ1n) is 9.74. The lowest BCUT2D eigenvalue weighted by molar-refractivity contribution is 0.0103. The summed E-state index contributed by atoms with van der Waals surface area (Å²) >= 11 is 0. The summed E-state index contributed by atoms with van der Waals surface area (Å²) in [5, 5.41) is 7.80. The Hall–Kier alpha value is -2.80. The number of anilines is 1. The minimum Gasteiger partial charge on any atom is -0.373 e. The maximum atomic E-state index is 13.1. The van der Waals surface area contributed by atoms with Gasteiger partial charge < -0.3 is 10.1 Å². The number of aromatic nitrogens is 4. The van der Waals surface area contributed by atoms with E-state index in [0.717, 1.165) is 36.2 Å². The van der Waals surface area contributed by atoms with Gasteiger partial charge in [0.1, 0.15) is 5.82 Å². The highest BCUT2D eigenvalue weighted by Crippen LogP contribution is 2.41. The van der Waals surface area contributed by atoms with Crippen LogP contribution < -0.4 is 5.32 Å². The van der Waals surface area contributed by atoms with Crippen molar-refractivity contribution in [3.63, 3.8) is 0 Å². The molecule has 2 aliphatic rings. The van der Waals surface area contributed by atoms with E-state index >= 15 is 0 Å². The summed E-state index contributed by atoms with van der Waals surface area (Å²) in [6, 6.07) is 8.33. The first-order chi connectivity index (χ1) is 13.7. The molecule has 3 aromatic rings. The van der Waals surface area contributed by atoms with Gasteiger partial charge in [0.05, 0.1) is 35.8 Å². The van der Waals surface area contributed by atoms with Crippen LogP contribution in [0.15, 0.2) is 48.9 Å². The molecule has 1 saturated carbocycles. The first-order valence-corrected chi connectivity index (χ1v) is 9.74.